The zero-order chi connectivity index (χ0) is 17.5. The van der Waals surface area contributed by atoms with E-state index in [1.807, 2.05) is 7.85 Å². The molecule has 0 fully saturated rings. The molecule has 1 atom stereocenters. The smallest absolute Gasteiger partial charge is 0.222 e. The second-order valence-corrected chi connectivity index (χ2v) is 5.48. The molecule has 134 valence electrons. The molecule has 0 radical (unpaired) electrons. The zero-order valence-corrected chi connectivity index (χ0v) is 14.7. The van der Waals surface area contributed by atoms with E-state index in [1.54, 1.807) is 11.9 Å². The van der Waals surface area contributed by atoms with E-state index in [2.05, 4.69) is 5.32 Å². The van der Waals surface area contributed by atoms with Gasteiger partial charge >= 0.3 is 0 Å². The van der Waals surface area contributed by atoms with Crippen LogP contribution in [-0.2, 0) is 19.1 Å². The van der Waals surface area contributed by atoms with E-state index in [0.29, 0.717) is 39.4 Å². The fourth-order valence-electron chi connectivity index (χ4n) is 2.01. The van der Waals surface area contributed by atoms with E-state index in [4.69, 9.17) is 14.6 Å². The molecule has 0 unspecified atom stereocenters. The number of hydrogen-bond acceptors (Lipinski definition) is 6. The Kier molecular flexibility index (Phi) is 14.0. The molecule has 7 nitrogen and oxygen atoms in total. The van der Waals surface area contributed by atoms with E-state index in [0.717, 1.165) is 12.7 Å². The molecule has 0 aromatic rings. The Morgan fingerprint density at radius 2 is 1.96 bits per heavy atom. The largest absolute Gasteiger partial charge is 0.394 e. The van der Waals surface area contributed by atoms with Gasteiger partial charge in [0.1, 0.15) is 13.6 Å². The molecule has 1 amide bonds. The number of nitrogens with one attached hydrogen (secondary N) is 1. The molecule has 0 heterocycles. The van der Waals surface area contributed by atoms with Crippen LogP contribution in [0.3, 0.4) is 0 Å². The van der Waals surface area contributed by atoms with Crippen LogP contribution in [0.15, 0.2) is 0 Å². The molecule has 2 N–H and O–H groups in total. The Morgan fingerprint density at radius 1 is 1.26 bits per heavy atom. The summed E-state index contributed by atoms with van der Waals surface area (Å²) < 4.78 is 10.6. The third-order valence-corrected chi connectivity index (χ3v) is 3.29. The summed E-state index contributed by atoms with van der Waals surface area (Å²) in [7, 11) is 3.84. The minimum absolute atomic E-state index is 0.000974. The van der Waals surface area contributed by atoms with Crippen molar-refractivity contribution in [3.63, 3.8) is 0 Å². The Morgan fingerprint density at radius 3 is 2.52 bits per heavy atom. The van der Waals surface area contributed by atoms with Crippen LogP contribution in [0.25, 0.3) is 0 Å². The number of aliphatic hydroxyl groups excluding tert-OH is 1. The van der Waals surface area contributed by atoms with Crippen LogP contribution >= 0.6 is 0 Å². The second kappa shape index (κ2) is 14.6. The molecule has 0 rings (SSSR count). The zero-order valence-electron chi connectivity index (χ0n) is 14.7. The number of carbonyl (C=O) groups excluding carboxylic acids is 2. The van der Waals surface area contributed by atoms with Crippen molar-refractivity contribution in [2.24, 2.45) is 0 Å². The lowest BCUT2D eigenvalue weighted by Crippen LogP contribution is -2.46. The van der Waals surface area contributed by atoms with Gasteiger partial charge in [-0.1, -0.05) is 12.7 Å². The van der Waals surface area contributed by atoms with Crippen LogP contribution in [0.5, 0.6) is 0 Å². The summed E-state index contributed by atoms with van der Waals surface area (Å²) in [6, 6.07) is -0.0437. The summed E-state index contributed by atoms with van der Waals surface area (Å²) in [6.07, 6.45) is 2.25. The van der Waals surface area contributed by atoms with Gasteiger partial charge in [-0.15, -0.1) is 0 Å². The Hall–Kier alpha value is -0.955. The molecule has 0 saturated carbocycles. The van der Waals surface area contributed by atoms with Gasteiger partial charge in [-0.2, -0.15) is 0 Å². The normalized spacial score (nSPS) is 12.1. The van der Waals surface area contributed by atoms with Gasteiger partial charge in [-0.25, -0.2) is 0 Å². The number of amides is 1. The molecule has 0 aliphatic carbocycles. The van der Waals surface area contributed by atoms with E-state index < -0.39 is 0 Å². The molecule has 23 heavy (non-hydrogen) atoms. The molecule has 0 bridgehead atoms. The first kappa shape index (κ1) is 22.0. The minimum atomic E-state index is -0.0437. The first-order valence-electron chi connectivity index (χ1n) is 8.25. The highest BCUT2D eigenvalue weighted by molar-refractivity contribution is 6.08. The second-order valence-electron chi connectivity index (χ2n) is 5.48. The molecular weight excluding hydrogens is 299 g/mol. The molecule has 8 heteroatoms. The molecule has 0 aliphatic heterocycles. The standard InChI is InChI=1S/C15H31BN2O5/c1-13(20)10-18(15(21)4-3-5-16)11-14(17-2)12-23-9-8-22-7-6-19/h14,17,19H,3-12,16H2,1-2H3/t14-/m0/s1. The van der Waals surface area contributed by atoms with Crippen molar-refractivity contribution in [3.05, 3.63) is 0 Å². The van der Waals surface area contributed by atoms with Gasteiger partial charge in [0, 0.05) is 19.0 Å². The molecular formula is C15H31BN2O5. The summed E-state index contributed by atoms with van der Waals surface area (Å²) in [5.74, 6) is -0.0170. The minimum Gasteiger partial charge on any atom is -0.394 e. The van der Waals surface area contributed by atoms with Crippen molar-refractivity contribution in [2.75, 3.05) is 53.2 Å². The Labute approximate surface area is 140 Å². The van der Waals surface area contributed by atoms with Gasteiger partial charge in [-0.3, -0.25) is 9.59 Å². The van der Waals surface area contributed by atoms with Crippen LogP contribution in [0.4, 0.5) is 0 Å². The molecule has 0 aliphatic rings. The van der Waals surface area contributed by atoms with Crippen LogP contribution in [0.1, 0.15) is 19.8 Å². The number of carbonyl (C=O) groups is 2. The highest BCUT2D eigenvalue weighted by Gasteiger charge is 2.19. The lowest BCUT2D eigenvalue weighted by atomic mass is 10.00. The van der Waals surface area contributed by atoms with Crippen molar-refractivity contribution >= 4 is 19.5 Å². The fourth-order valence-corrected chi connectivity index (χ4v) is 2.01. The number of aliphatic hydroxyl groups is 1. The first-order valence-corrected chi connectivity index (χ1v) is 8.25. The molecule has 0 aromatic heterocycles. The summed E-state index contributed by atoms with van der Waals surface area (Å²) in [4.78, 5) is 25.2. The fraction of sp³-hybridized carbons (Fsp3) is 0.867. The van der Waals surface area contributed by atoms with Crippen LogP contribution < -0.4 is 5.32 Å². The van der Waals surface area contributed by atoms with Crippen molar-refractivity contribution < 1.29 is 24.2 Å². The van der Waals surface area contributed by atoms with Crippen molar-refractivity contribution in [1.82, 2.24) is 10.2 Å². The number of nitrogens with zero attached hydrogens (tertiary/aromatic N) is 1. The average molecular weight is 330 g/mol. The average Bonchev–Trinajstić information content (AvgIpc) is 2.53. The highest BCUT2D eigenvalue weighted by Crippen LogP contribution is 2.03. The molecule has 0 spiro atoms. The topological polar surface area (TPSA) is 88.1 Å². The van der Waals surface area contributed by atoms with Gasteiger partial charge in [0.05, 0.1) is 39.6 Å². The third-order valence-electron chi connectivity index (χ3n) is 3.29. The van der Waals surface area contributed by atoms with E-state index in [9.17, 15) is 9.59 Å². The Bertz CT molecular complexity index is 331. The maximum absolute atomic E-state index is 12.2. The van der Waals surface area contributed by atoms with Gasteiger partial charge in [0.2, 0.25) is 5.91 Å². The first-order chi connectivity index (χ1) is 11.0. The summed E-state index contributed by atoms with van der Waals surface area (Å²) >= 11 is 0. The SMILES string of the molecule is BCCCC(=O)N(CC(C)=O)C[C@@H](COCCOCCO)NC. The number of ketones is 1. The van der Waals surface area contributed by atoms with E-state index >= 15 is 0 Å². The van der Waals surface area contributed by atoms with Gasteiger partial charge in [-0.05, 0) is 14.0 Å². The lowest BCUT2D eigenvalue weighted by molar-refractivity contribution is -0.135. The monoisotopic (exact) mass is 330 g/mol. The number of hydrogen-bond donors (Lipinski definition) is 2. The van der Waals surface area contributed by atoms with Crippen molar-refractivity contribution in [1.29, 1.82) is 0 Å². The number of likely N-dealkylation sites (N-methyl/N-ethyl adjacent to an activating group) is 1. The summed E-state index contributed by atoms with van der Waals surface area (Å²) in [5, 5.41) is 11.7. The maximum Gasteiger partial charge on any atom is 0.222 e. The molecule has 0 aromatic carbocycles. The summed E-state index contributed by atoms with van der Waals surface area (Å²) in [6.45, 7) is 3.64. The van der Waals surface area contributed by atoms with Crippen LogP contribution in [-0.4, -0.2) is 88.8 Å². The van der Waals surface area contributed by atoms with Crippen LogP contribution in [0.2, 0.25) is 6.32 Å². The number of ether oxygens (including phenoxy) is 2. The van der Waals surface area contributed by atoms with Gasteiger partial charge in [0.15, 0.2) is 0 Å². The quantitative estimate of drug-likeness (QED) is 0.291. The number of Topliss-reactive ketones (excluding diaryl/α,β-unsaturated/α-hetero) is 1. The summed E-state index contributed by atoms with van der Waals surface area (Å²) in [5.41, 5.74) is 0. The number of rotatable bonds is 15. The third kappa shape index (κ3) is 12.2. The predicted molar refractivity (Wildman–Crippen MR) is 91.4 cm³/mol. The predicted octanol–water partition coefficient (Wildman–Crippen LogP) is -1.15. The highest BCUT2D eigenvalue weighted by atomic mass is 16.5. The van der Waals surface area contributed by atoms with E-state index in [1.165, 1.54) is 6.92 Å². The lowest BCUT2D eigenvalue weighted by Gasteiger charge is -2.27. The maximum atomic E-state index is 12.2. The van der Waals surface area contributed by atoms with Crippen molar-refractivity contribution in [3.8, 4) is 0 Å². The Balaban J connectivity index is 4.26. The van der Waals surface area contributed by atoms with Gasteiger partial charge in [0.25, 0.3) is 0 Å². The van der Waals surface area contributed by atoms with Crippen LogP contribution in [0, 0.1) is 0 Å². The van der Waals surface area contributed by atoms with E-state index in [-0.39, 0.29) is 30.9 Å². The van der Waals surface area contributed by atoms with Gasteiger partial charge < -0.3 is 24.8 Å². The van der Waals surface area contributed by atoms with Crippen molar-refractivity contribution in [2.45, 2.75) is 32.1 Å². The molecule has 0 saturated heterocycles.